The summed E-state index contributed by atoms with van der Waals surface area (Å²) in [5.74, 6) is 2.17. The molecule has 0 atom stereocenters. The summed E-state index contributed by atoms with van der Waals surface area (Å²) >= 11 is 0. The topological polar surface area (TPSA) is 62.8 Å². The van der Waals surface area contributed by atoms with E-state index in [1.54, 1.807) is 0 Å². The van der Waals surface area contributed by atoms with Crippen LogP contribution in [0.3, 0.4) is 0 Å². The molecule has 2 aliphatic rings. The first kappa shape index (κ1) is 21.1. The van der Waals surface area contributed by atoms with Gasteiger partial charge in [-0.05, 0) is 62.1 Å². The maximum atomic E-state index is 13.2. The highest BCUT2D eigenvalue weighted by Crippen LogP contribution is 2.35. The van der Waals surface area contributed by atoms with Crippen LogP contribution in [0.2, 0.25) is 0 Å². The summed E-state index contributed by atoms with van der Waals surface area (Å²) in [5.41, 5.74) is 2.98. The van der Waals surface area contributed by atoms with Gasteiger partial charge in [0.15, 0.2) is 5.78 Å². The summed E-state index contributed by atoms with van der Waals surface area (Å²) in [7, 11) is 0. The second-order valence-corrected chi connectivity index (χ2v) is 9.69. The fourth-order valence-electron chi connectivity index (χ4n) is 5.76. The summed E-state index contributed by atoms with van der Waals surface area (Å²) in [4.78, 5) is 33.4. The molecule has 2 fully saturated rings. The van der Waals surface area contributed by atoms with E-state index in [1.807, 2.05) is 24.3 Å². The fourth-order valence-corrected chi connectivity index (χ4v) is 5.76. The van der Waals surface area contributed by atoms with Crippen LogP contribution in [0.25, 0.3) is 10.9 Å². The lowest BCUT2D eigenvalue weighted by atomic mass is 9.82. The van der Waals surface area contributed by atoms with E-state index in [0.717, 1.165) is 55.4 Å². The van der Waals surface area contributed by atoms with Crippen molar-refractivity contribution in [3.8, 4) is 0 Å². The number of Topliss-reactive ketones (excluding diaryl/α,β-unsaturated/α-hetero) is 1. The molecule has 1 aromatic heterocycles. The Bertz CT molecular complexity index is 1130. The number of nitrogens with one attached hydrogen (secondary N) is 1. The Morgan fingerprint density at radius 1 is 0.781 bits per heavy atom. The van der Waals surface area contributed by atoms with Crippen LogP contribution in [0.1, 0.15) is 97.8 Å². The number of aromatic amines is 1. The molecule has 0 amide bonds. The van der Waals surface area contributed by atoms with Gasteiger partial charge in [0.25, 0.3) is 5.56 Å². The highest BCUT2D eigenvalue weighted by Gasteiger charge is 2.25. The molecule has 2 saturated carbocycles. The molecule has 1 heterocycles. The molecule has 32 heavy (non-hydrogen) atoms. The number of nitrogens with zero attached hydrogens (tertiary/aromatic N) is 1. The van der Waals surface area contributed by atoms with Gasteiger partial charge in [0.2, 0.25) is 0 Å². The number of fused-ring (bicyclic) bond motifs is 1. The summed E-state index contributed by atoms with van der Waals surface area (Å²) in [6.07, 6.45) is 11.0. The number of hydrogen-bond donors (Lipinski definition) is 1. The van der Waals surface area contributed by atoms with E-state index in [0.29, 0.717) is 17.1 Å². The van der Waals surface area contributed by atoms with Crippen LogP contribution in [0, 0.1) is 5.92 Å². The molecular weight excluding hydrogens is 396 g/mol. The maximum absolute atomic E-state index is 13.2. The molecule has 3 aromatic rings. The average molecular weight is 429 g/mol. The van der Waals surface area contributed by atoms with Crippen LogP contribution in [-0.2, 0) is 0 Å². The first-order valence-corrected chi connectivity index (χ1v) is 12.3. The van der Waals surface area contributed by atoms with Gasteiger partial charge in [-0.15, -0.1) is 0 Å². The minimum Gasteiger partial charge on any atom is -0.310 e. The zero-order chi connectivity index (χ0) is 21.9. The standard InChI is InChI=1S/C28H32N2O2/c31-26(22-17-15-20(16-18-22)19-7-1-2-8-19)21-9-5-11-23(12-6-10-21)27-29-25-14-4-3-13-24(25)28(32)30-27/h3-4,13-19,21,23H,1-2,5-12H2,(H,29,30,32). The lowest BCUT2D eigenvalue weighted by Gasteiger charge is -2.24. The Labute approximate surface area is 189 Å². The highest BCUT2D eigenvalue weighted by atomic mass is 16.1. The summed E-state index contributed by atoms with van der Waals surface area (Å²) < 4.78 is 0. The van der Waals surface area contributed by atoms with Gasteiger partial charge in [0.1, 0.15) is 5.82 Å². The zero-order valence-corrected chi connectivity index (χ0v) is 18.7. The highest BCUT2D eigenvalue weighted by molar-refractivity contribution is 5.97. The molecule has 166 valence electrons. The predicted octanol–water partition coefficient (Wildman–Crippen LogP) is 6.52. The van der Waals surface area contributed by atoms with E-state index in [9.17, 15) is 9.59 Å². The molecule has 0 radical (unpaired) electrons. The number of para-hydroxylation sites is 1. The van der Waals surface area contributed by atoms with Crippen molar-refractivity contribution >= 4 is 16.7 Å². The van der Waals surface area contributed by atoms with Gasteiger partial charge in [0.05, 0.1) is 10.9 Å². The molecule has 2 aromatic carbocycles. The van der Waals surface area contributed by atoms with E-state index in [2.05, 4.69) is 29.2 Å². The Morgan fingerprint density at radius 2 is 1.44 bits per heavy atom. The van der Waals surface area contributed by atoms with E-state index >= 15 is 0 Å². The van der Waals surface area contributed by atoms with Crippen molar-refractivity contribution in [1.29, 1.82) is 0 Å². The molecule has 4 heteroatoms. The second-order valence-electron chi connectivity index (χ2n) is 9.69. The number of aromatic nitrogens is 2. The quantitative estimate of drug-likeness (QED) is 0.481. The van der Waals surface area contributed by atoms with Crippen molar-refractivity contribution in [1.82, 2.24) is 9.97 Å². The molecule has 4 nitrogen and oxygen atoms in total. The minimum absolute atomic E-state index is 0.0539. The fraction of sp³-hybridized carbons (Fsp3) is 0.464. The Hall–Kier alpha value is -2.75. The molecule has 5 rings (SSSR count). The Balaban J connectivity index is 1.23. The smallest absolute Gasteiger partial charge is 0.258 e. The van der Waals surface area contributed by atoms with E-state index in [1.165, 1.54) is 31.2 Å². The van der Waals surface area contributed by atoms with Crippen molar-refractivity contribution in [3.63, 3.8) is 0 Å². The van der Waals surface area contributed by atoms with Gasteiger partial charge >= 0.3 is 0 Å². The third-order valence-electron chi connectivity index (χ3n) is 7.62. The largest absolute Gasteiger partial charge is 0.310 e. The molecule has 1 N–H and O–H groups in total. The molecule has 0 unspecified atom stereocenters. The first-order chi connectivity index (χ1) is 15.7. The third-order valence-corrected chi connectivity index (χ3v) is 7.62. The van der Waals surface area contributed by atoms with E-state index < -0.39 is 0 Å². The lowest BCUT2D eigenvalue weighted by molar-refractivity contribution is 0.0896. The average Bonchev–Trinajstić information content (AvgIpc) is 3.34. The number of carbonyl (C=O) groups is 1. The number of ketones is 1. The number of hydrogen-bond acceptors (Lipinski definition) is 3. The first-order valence-electron chi connectivity index (χ1n) is 12.3. The van der Waals surface area contributed by atoms with Gasteiger partial charge in [0, 0.05) is 17.4 Å². The van der Waals surface area contributed by atoms with Crippen LogP contribution < -0.4 is 5.56 Å². The molecular formula is C28H32N2O2. The summed E-state index contributed by atoms with van der Waals surface area (Å²) in [5, 5.41) is 0.645. The normalized spacial score (nSPS) is 22.5. The van der Waals surface area contributed by atoms with Crippen molar-refractivity contribution in [2.45, 2.75) is 76.0 Å². The van der Waals surface area contributed by atoms with Crippen molar-refractivity contribution in [3.05, 3.63) is 75.8 Å². The number of rotatable bonds is 4. The SMILES string of the molecule is O=C(c1ccc(C2CCCC2)cc1)C1CCCC(c2nc3ccccc3c(=O)[nH]2)CCC1. The van der Waals surface area contributed by atoms with Crippen LogP contribution in [-0.4, -0.2) is 15.8 Å². The Kier molecular flexibility index (Phi) is 6.20. The number of H-pyrrole nitrogens is 1. The van der Waals surface area contributed by atoms with Crippen LogP contribution in [0.4, 0.5) is 0 Å². The van der Waals surface area contributed by atoms with Crippen LogP contribution in [0.15, 0.2) is 53.3 Å². The van der Waals surface area contributed by atoms with Crippen molar-refractivity contribution in [2.75, 3.05) is 0 Å². The minimum atomic E-state index is -0.0539. The lowest BCUT2D eigenvalue weighted by Crippen LogP contribution is -2.20. The monoisotopic (exact) mass is 428 g/mol. The second kappa shape index (κ2) is 9.40. The van der Waals surface area contributed by atoms with Crippen LogP contribution >= 0.6 is 0 Å². The van der Waals surface area contributed by atoms with Gasteiger partial charge < -0.3 is 4.98 Å². The van der Waals surface area contributed by atoms with Crippen LogP contribution in [0.5, 0.6) is 0 Å². The van der Waals surface area contributed by atoms with Gasteiger partial charge in [-0.25, -0.2) is 4.98 Å². The van der Waals surface area contributed by atoms with E-state index in [-0.39, 0.29) is 17.4 Å². The zero-order valence-electron chi connectivity index (χ0n) is 18.7. The predicted molar refractivity (Wildman–Crippen MR) is 128 cm³/mol. The molecule has 0 spiro atoms. The molecule has 0 saturated heterocycles. The van der Waals surface area contributed by atoms with E-state index in [4.69, 9.17) is 4.98 Å². The molecule has 0 bridgehead atoms. The van der Waals surface area contributed by atoms with Crippen molar-refractivity contribution < 1.29 is 4.79 Å². The summed E-state index contributed by atoms with van der Waals surface area (Å²) in [6.45, 7) is 0. The van der Waals surface area contributed by atoms with Gasteiger partial charge in [-0.2, -0.15) is 0 Å². The third kappa shape index (κ3) is 4.41. The van der Waals surface area contributed by atoms with Gasteiger partial charge in [-0.3, -0.25) is 9.59 Å². The number of carbonyl (C=O) groups excluding carboxylic acids is 1. The Morgan fingerprint density at radius 3 is 2.16 bits per heavy atom. The number of benzene rings is 2. The molecule has 2 aliphatic carbocycles. The maximum Gasteiger partial charge on any atom is 0.258 e. The molecule has 0 aliphatic heterocycles. The summed E-state index contributed by atoms with van der Waals surface area (Å²) in [6, 6.07) is 16.0. The van der Waals surface area contributed by atoms with Crippen molar-refractivity contribution in [2.24, 2.45) is 5.92 Å². The van der Waals surface area contributed by atoms with Gasteiger partial charge in [-0.1, -0.05) is 62.1 Å².